The number of hydrogen-bond acceptors (Lipinski definition) is 1. The molecule has 4 rings (SSSR count). The third kappa shape index (κ3) is 1.08. The molecule has 0 atom stereocenters. The second-order valence-corrected chi connectivity index (χ2v) is 4.41. The standard InChI is InChI=1S/C16H10O/c17-16-12-7-3-1-5-10(12)14-9-15(14)11-6-2-4-8-13(11)16/h1-9,17H. The van der Waals surface area contributed by atoms with Crippen LogP contribution in [0, 0.1) is 0 Å². The van der Waals surface area contributed by atoms with Gasteiger partial charge in [-0.3, -0.25) is 0 Å². The van der Waals surface area contributed by atoms with Crippen LogP contribution in [-0.4, -0.2) is 5.11 Å². The number of rotatable bonds is 0. The minimum absolute atomic E-state index is 0.386. The van der Waals surface area contributed by atoms with E-state index in [-0.39, 0.29) is 0 Å². The van der Waals surface area contributed by atoms with Crippen LogP contribution in [0.4, 0.5) is 0 Å². The zero-order valence-corrected chi connectivity index (χ0v) is 9.14. The highest BCUT2D eigenvalue weighted by Crippen LogP contribution is 2.41. The van der Waals surface area contributed by atoms with E-state index in [2.05, 4.69) is 18.2 Å². The smallest absolute Gasteiger partial charge is 0.131 e. The molecule has 1 nitrogen and oxygen atoms in total. The summed E-state index contributed by atoms with van der Waals surface area (Å²) in [6.07, 6.45) is 2.18. The maximum Gasteiger partial charge on any atom is 0.131 e. The lowest BCUT2D eigenvalue weighted by Crippen LogP contribution is -2.26. The molecule has 17 heavy (non-hydrogen) atoms. The van der Waals surface area contributed by atoms with E-state index in [0.717, 1.165) is 21.6 Å². The van der Waals surface area contributed by atoms with Gasteiger partial charge < -0.3 is 5.11 Å². The topological polar surface area (TPSA) is 20.2 Å². The molecule has 0 unspecified atom stereocenters. The van der Waals surface area contributed by atoms with Crippen molar-refractivity contribution in [2.24, 2.45) is 0 Å². The molecule has 2 aliphatic rings. The molecular formula is C16H10O. The van der Waals surface area contributed by atoms with Gasteiger partial charge in [0.25, 0.3) is 0 Å². The summed E-state index contributed by atoms with van der Waals surface area (Å²) in [6, 6.07) is 16.0. The van der Waals surface area contributed by atoms with E-state index < -0.39 is 0 Å². The average Bonchev–Trinajstić information content (AvgIpc) is 3.18. The fraction of sp³-hybridized carbons (Fsp3) is 0. The summed E-state index contributed by atoms with van der Waals surface area (Å²) in [7, 11) is 0. The Morgan fingerprint density at radius 1 is 0.706 bits per heavy atom. The van der Waals surface area contributed by atoms with Gasteiger partial charge in [-0.25, -0.2) is 0 Å². The highest BCUT2D eigenvalue weighted by molar-refractivity contribution is 6.20. The predicted octanol–water partition coefficient (Wildman–Crippen LogP) is 1.96. The second-order valence-electron chi connectivity index (χ2n) is 4.41. The first-order valence-corrected chi connectivity index (χ1v) is 5.71. The minimum Gasteiger partial charge on any atom is -0.507 e. The molecule has 0 saturated heterocycles. The molecule has 1 N–H and O–H groups in total. The molecule has 0 aromatic heterocycles. The van der Waals surface area contributed by atoms with Gasteiger partial charge >= 0.3 is 0 Å². The third-order valence-corrected chi connectivity index (χ3v) is 3.44. The summed E-state index contributed by atoms with van der Waals surface area (Å²) in [5.41, 5.74) is 4.59. The number of fused-ring (bicyclic) bond motifs is 4. The molecule has 0 bridgehead atoms. The second kappa shape index (κ2) is 2.89. The average molecular weight is 218 g/mol. The number of benzene rings is 2. The predicted molar refractivity (Wildman–Crippen MR) is 68.7 cm³/mol. The molecule has 0 heterocycles. The van der Waals surface area contributed by atoms with Crippen LogP contribution < -0.4 is 10.4 Å². The number of allylic oxidation sites excluding steroid dienone is 2. The van der Waals surface area contributed by atoms with E-state index in [1.165, 1.54) is 11.1 Å². The first-order chi connectivity index (χ1) is 8.36. The lowest BCUT2D eigenvalue weighted by molar-refractivity contribution is 0.507. The Hall–Kier alpha value is -2.28. The highest BCUT2D eigenvalue weighted by Gasteiger charge is 2.25. The van der Waals surface area contributed by atoms with Gasteiger partial charge in [-0.2, -0.15) is 0 Å². The van der Waals surface area contributed by atoms with Crippen molar-refractivity contribution in [3.8, 4) is 0 Å². The van der Waals surface area contributed by atoms with Crippen LogP contribution in [0.3, 0.4) is 0 Å². The van der Waals surface area contributed by atoms with E-state index in [4.69, 9.17) is 0 Å². The van der Waals surface area contributed by atoms with Crippen molar-refractivity contribution < 1.29 is 5.11 Å². The molecule has 0 radical (unpaired) electrons. The van der Waals surface area contributed by atoms with Crippen LogP contribution in [0.5, 0.6) is 0 Å². The molecule has 2 aliphatic carbocycles. The van der Waals surface area contributed by atoms with Crippen molar-refractivity contribution in [2.45, 2.75) is 0 Å². The summed E-state index contributed by atoms with van der Waals surface area (Å²) in [5.74, 6) is 0.386. The molecule has 1 heteroatoms. The lowest BCUT2D eigenvalue weighted by Gasteiger charge is -2.04. The quantitative estimate of drug-likeness (QED) is 0.716. The Morgan fingerprint density at radius 2 is 1.35 bits per heavy atom. The van der Waals surface area contributed by atoms with Crippen LogP contribution >= 0.6 is 0 Å². The van der Waals surface area contributed by atoms with E-state index >= 15 is 0 Å². The van der Waals surface area contributed by atoms with Crippen LogP contribution in [0.2, 0.25) is 0 Å². The fourth-order valence-electron chi connectivity index (χ4n) is 2.55. The highest BCUT2D eigenvalue weighted by atomic mass is 16.3. The Balaban J connectivity index is 2.26. The summed E-state index contributed by atoms with van der Waals surface area (Å²) in [5, 5.41) is 12.5. The lowest BCUT2D eigenvalue weighted by atomic mass is 10.0. The van der Waals surface area contributed by atoms with Crippen LogP contribution in [0.1, 0.15) is 11.1 Å². The molecule has 0 amide bonds. The summed E-state index contributed by atoms with van der Waals surface area (Å²) >= 11 is 0. The van der Waals surface area contributed by atoms with Crippen LogP contribution in [0.25, 0.3) is 16.9 Å². The summed E-state index contributed by atoms with van der Waals surface area (Å²) in [4.78, 5) is 0. The molecular weight excluding hydrogens is 208 g/mol. The molecule has 80 valence electrons. The van der Waals surface area contributed by atoms with Gasteiger partial charge in [0.1, 0.15) is 5.76 Å². The van der Waals surface area contributed by atoms with Gasteiger partial charge in [0.05, 0.1) is 0 Å². The normalized spacial score (nSPS) is 15.4. The maximum atomic E-state index is 10.4. The van der Waals surface area contributed by atoms with Crippen molar-refractivity contribution in [1.29, 1.82) is 0 Å². The van der Waals surface area contributed by atoms with Gasteiger partial charge in [0.15, 0.2) is 0 Å². The first kappa shape index (κ1) is 8.82. The van der Waals surface area contributed by atoms with Crippen molar-refractivity contribution in [2.75, 3.05) is 0 Å². The minimum atomic E-state index is 0.386. The van der Waals surface area contributed by atoms with Crippen LogP contribution in [-0.2, 0) is 0 Å². The van der Waals surface area contributed by atoms with E-state index in [1.807, 2.05) is 36.4 Å². The molecule has 0 aliphatic heterocycles. The van der Waals surface area contributed by atoms with Gasteiger partial charge in [0, 0.05) is 10.8 Å². The van der Waals surface area contributed by atoms with Crippen LogP contribution in [0.15, 0.2) is 54.6 Å². The Morgan fingerprint density at radius 3 is 2.18 bits per heavy atom. The van der Waals surface area contributed by atoms with E-state index in [0.29, 0.717) is 5.76 Å². The Bertz CT molecular complexity index is 794. The molecule has 0 fully saturated rings. The number of hydrogen-bond donors (Lipinski definition) is 1. The maximum absolute atomic E-state index is 10.4. The van der Waals surface area contributed by atoms with E-state index in [1.54, 1.807) is 0 Å². The zero-order valence-electron chi connectivity index (χ0n) is 9.14. The van der Waals surface area contributed by atoms with Crippen molar-refractivity contribution in [1.82, 2.24) is 0 Å². The van der Waals surface area contributed by atoms with Gasteiger partial charge in [-0.05, 0) is 28.0 Å². The van der Waals surface area contributed by atoms with Gasteiger partial charge in [-0.15, -0.1) is 0 Å². The summed E-state index contributed by atoms with van der Waals surface area (Å²) < 4.78 is 0. The van der Waals surface area contributed by atoms with Crippen molar-refractivity contribution >= 4 is 16.9 Å². The third-order valence-electron chi connectivity index (χ3n) is 3.44. The Kier molecular flexibility index (Phi) is 1.50. The fourth-order valence-corrected chi connectivity index (χ4v) is 2.55. The largest absolute Gasteiger partial charge is 0.507 e. The Labute approximate surface area is 98.7 Å². The number of aliphatic hydroxyl groups excluding tert-OH is 1. The molecule has 0 saturated carbocycles. The van der Waals surface area contributed by atoms with Gasteiger partial charge in [-0.1, -0.05) is 48.5 Å². The summed E-state index contributed by atoms with van der Waals surface area (Å²) in [6.45, 7) is 0. The zero-order chi connectivity index (χ0) is 11.4. The SMILES string of the molecule is OC1=c2ccccc2=C2C=C2c2ccccc21. The monoisotopic (exact) mass is 218 g/mol. The van der Waals surface area contributed by atoms with Crippen molar-refractivity contribution in [3.63, 3.8) is 0 Å². The van der Waals surface area contributed by atoms with Gasteiger partial charge in [0.2, 0.25) is 0 Å². The number of aliphatic hydroxyl groups is 1. The molecule has 2 aromatic carbocycles. The van der Waals surface area contributed by atoms with E-state index in [9.17, 15) is 5.11 Å². The molecule has 0 spiro atoms. The molecule has 2 aromatic rings. The van der Waals surface area contributed by atoms with Crippen molar-refractivity contribution in [3.05, 3.63) is 76.2 Å². The first-order valence-electron chi connectivity index (χ1n) is 5.71.